The van der Waals surface area contributed by atoms with Crippen molar-refractivity contribution in [1.29, 1.82) is 0 Å². The molecule has 1 N–H and O–H groups in total. The number of nitrogens with one attached hydrogen (secondary N) is 1. The van der Waals surface area contributed by atoms with Crippen LogP contribution in [0.1, 0.15) is 44.7 Å². The molecule has 3 nitrogen and oxygen atoms in total. The Morgan fingerprint density at radius 2 is 1.86 bits per heavy atom. The highest BCUT2D eigenvalue weighted by Gasteiger charge is 2.20. The quantitative estimate of drug-likeness (QED) is 0.832. The molecule has 1 aliphatic heterocycles. The predicted octanol–water partition coefficient (Wildman–Crippen LogP) is 3.47. The van der Waals surface area contributed by atoms with Gasteiger partial charge in [0.15, 0.2) is 0 Å². The smallest absolute Gasteiger partial charge is 0.119 e. The first-order chi connectivity index (χ1) is 10.3. The van der Waals surface area contributed by atoms with E-state index in [0.29, 0.717) is 6.04 Å². The van der Waals surface area contributed by atoms with E-state index in [9.17, 15) is 0 Å². The van der Waals surface area contributed by atoms with Crippen LogP contribution in [0.2, 0.25) is 0 Å². The molecule has 0 bridgehead atoms. The van der Waals surface area contributed by atoms with Gasteiger partial charge in [0.25, 0.3) is 0 Å². The summed E-state index contributed by atoms with van der Waals surface area (Å²) in [7, 11) is 2.06. The van der Waals surface area contributed by atoms with Gasteiger partial charge < -0.3 is 15.0 Å². The molecule has 1 unspecified atom stereocenters. The molecule has 1 aliphatic rings. The standard InChI is InChI=1S/C18H30N2O/c1-4-15-10-12-20(13-11-15)14-18(19-3)16-6-8-17(9-7-16)21-5-2/h6-9,15,18-19H,4-5,10-14H2,1-3H3. The molecule has 118 valence electrons. The molecule has 0 saturated carbocycles. The Hall–Kier alpha value is -1.06. The molecule has 1 saturated heterocycles. The fraction of sp³-hybridized carbons (Fsp3) is 0.667. The van der Waals surface area contributed by atoms with Crippen LogP contribution in [-0.2, 0) is 0 Å². The van der Waals surface area contributed by atoms with Gasteiger partial charge in [0.05, 0.1) is 6.61 Å². The van der Waals surface area contributed by atoms with Crippen molar-refractivity contribution in [1.82, 2.24) is 10.2 Å². The summed E-state index contributed by atoms with van der Waals surface area (Å²) in [5, 5.41) is 3.46. The SMILES string of the molecule is CCOc1ccc(C(CN2CCC(CC)CC2)NC)cc1. The summed E-state index contributed by atoms with van der Waals surface area (Å²) in [5.41, 5.74) is 1.35. The highest BCUT2D eigenvalue weighted by Crippen LogP contribution is 2.23. The molecule has 1 aromatic carbocycles. The number of piperidine rings is 1. The van der Waals surface area contributed by atoms with Crippen molar-refractivity contribution in [3.05, 3.63) is 29.8 Å². The second-order valence-corrected chi connectivity index (χ2v) is 6.00. The number of benzene rings is 1. The molecule has 21 heavy (non-hydrogen) atoms. The maximum absolute atomic E-state index is 5.52. The lowest BCUT2D eigenvalue weighted by Gasteiger charge is -2.34. The van der Waals surface area contributed by atoms with Gasteiger partial charge in [-0.3, -0.25) is 0 Å². The average Bonchev–Trinajstić information content (AvgIpc) is 2.54. The van der Waals surface area contributed by atoms with E-state index in [1.54, 1.807) is 0 Å². The van der Waals surface area contributed by atoms with E-state index in [0.717, 1.165) is 24.8 Å². The second kappa shape index (κ2) is 8.40. The molecule has 0 aromatic heterocycles. The molecule has 1 aromatic rings. The molecule has 0 spiro atoms. The van der Waals surface area contributed by atoms with E-state index in [-0.39, 0.29) is 0 Å². The molecule has 2 rings (SSSR count). The lowest BCUT2D eigenvalue weighted by molar-refractivity contribution is 0.168. The summed E-state index contributed by atoms with van der Waals surface area (Å²) in [6, 6.07) is 8.92. The maximum Gasteiger partial charge on any atom is 0.119 e. The van der Waals surface area contributed by atoms with E-state index in [2.05, 4.69) is 48.5 Å². The molecule has 3 heteroatoms. The number of hydrogen-bond acceptors (Lipinski definition) is 3. The highest BCUT2D eigenvalue weighted by molar-refractivity contribution is 5.29. The summed E-state index contributed by atoms with van der Waals surface area (Å²) >= 11 is 0. The zero-order chi connectivity index (χ0) is 15.1. The number of hydrogen-bond donors (Lipinski definition) is 1. The van der Waals surface area contributed by atoms with Crippen LogP contribution in [0.25, 0.3) is 0 Å². The Kier molecular flexibility index (Phi) is 6.52. The maximum atomic E-state index is 5.52. The van der Waals surface area contributed by atoms with Crippen molar-refractivity contribution in [2.24, 2.45) is 5.92 Å². The molecule has 1 heterocycles. The zero-order valence-electron chi connectivity index (χ0n) is 13.8. The van der Waals surface area contributed by atoms with Crippen LogP contribution in [-0.4, -0.2) is 38.2 Å². The fourth-order valence-corrected chi connectivity index (χ4v) is 3.16. The van der Waals surface area contributed by atoms with Crippen molar-refractivity contribution in [3.63, 3.8) is 0 Å². The van der Waals surface area contributed by atoms with Gasteiger partial charge in [0, 0.05) is 12.6 Å². The normalized spacial score (nSPS) is 18.6. The van der Waals surface area contributed by atoms with Crippen LogP contribution in [0, 0.1) is 5.92 Å². The minimum Gasteiger partial charge on any atom is -0.494 e. The van der Waals surface area contributed by atoms with Gasteiger partial charge in [-0.15, -0.1) is 0 Å². The Bertz CT molecular complexity index is 396. The van der Waals surface area contributed by atoms with Crippen LogP contribution in [0.15, 0.2) is 24.3 Å². The summed E-state index contributed by atoms with van der Waals surface area (Å²) in [4.78, 5) is 2.60. The lowest BCUT2D eigenvalue weighted by Crippen LogP contribution is -2.39. The van der Waals surface area contributed by atoms with Crippen LogP contribution in [0.4, 0.5) is 0 Å². The first kappa shape index (κ1) is 16.3. The number of ether oxygens (including phenoxy) is 1. The summed E-state index contributed by atoms with van der Waals surface area (Å²) in [6.45, 7) is 8.64. The van der Waals surface area contributed by atoms with E-state index >= 15 is 0 Å². The summed E-state index contributed by atoms with van der Waals surface area (Å²) < 4.78 is 5.52. The van der Waals surface area contributed by atoms with Crippen molar-refractivity contribution in [3.8, 4) is 5.75 Å². The van der Waals surface area contributed by atoms with Crippen molar-refractivity contribution < 1.29 is 4.74 Å². The Balaban J connectivity index is 1.90. The van der Waals surface area contributed by atoms with E-state index < -0.39 is 0 Å². The third-order valence-corrected chi connectivity index (χ3v) is 4.67. The molecule has 1 atom stereocenters. The molecular formula is C18H30N2O. The van der Waals surface area contributed by atoms with Crippen molar-refractivity contribution >= 4 is 0 Å². The highest BCUT2D eigenvalue weighted by atomic mass is 16.5. The number of likely N-dealkylation sites (N-methyl/N-ethyl adjacent to an activating group) is 1. The summed E-state index contributed by atoms with van der Waals surface area (Å²) in [5.74, 6) is 1.90. The van der Waals surface area contributed by atoms with Crippen LogP contribution in [0.3, 0.4) is 0 Å². The topological polar surface area (TPSA) is 24.5 Å². The van der Waals surface area contributed by atoms with Gasteiger partial charge >= 0.3 is 0 Å². The lowest BCUT2D eigenvalue weighted by atomic mass is 9.94. The Morgan fingerprint density at radius 1 is 1.19 bits per heavy atom. The van der Waals surface area contributed by atoms with Gasteiger partial charge in [-0.1, -0.05) is 25.5 Å². The third kappa shape index (κ3) is 4.72. The average molecular weight is 290 g/mol. The molecular weight excluding hydrogens is 260 g/mol. The number of rotatable bonds is 7. The second-order valence-electron chi connectivity index (χ2n) is 6.00. The molecule has 0 radical (unpaired) electrons. The van der Waals surface area contributed by atoms with Crippen LogP contribution in [0.5, 0.6) is 5.75 Å². The third-order valence-electron chi connectivity index (χ3n) is 4.67. The Morgan fingerprint density at radius 3 is 2.38 bits per heavy atom. The largest absolute Gasteiger partial charge is 0.494 e. The van der Waals surface area contributed by atoms with E-state index in [4.69, 9.17) is 4.74 Å². The van der Waals surface area contributed by atoms with Gasteiger partial charge in [-0.05, 0) is 63.5 Å². The number of nitrogens with zero attached hydrogens (tertiary/aromatic N) is 1. The minimum absolute atomic E-state index is 0.402. The monoisotopic (exact) mass is 290 g/mol. The van der Waals surface area contributed by atoms with Gasteiger partial charge in [0.2, 0.25) is 0 Å². The molecule has 0 amide bonds. The van der Waals surface area contributed by atoms with Crippen molar-refractivity contribution in [2.75, 3.05) is 33.3 Å². The first-order valence-corrected chi connectivity index (χ1v) is 8.39. The van der Waals surface area contributed by atoms with E-state index in [1.165, 1.54) is 37.9 Å². The summed E-state index contributed by atoms with van der Waals surface area (Å²) in [6.07, 6.45) is 4.05. The minimum atomic E-state index is 0.402. The Labute approximate surface area is 129 Å². The van der Waals surface area contributed by atoms with Gasteiger partial charge in [-0.25, -0.2) is 0 Å². The zero-order valence-corrected chi connectivity index (χ0v) is 13.8. The van der Waals surface area contributed by atoms with Gasteiger partial charge in [-0.2, -0.15) is 0 Å². The van der Waals surface area contributed by atoms with Crippen molar-refractivity contribution in [2.45, 2.75) is 39.2 Å². The molecule has 1 fully saturated rings. The van der Waals surface area contributed by atoms with E-state index in [1.807, 2.05) is 6.92 Å². The van der Waals surface area contributed by atoms with Gasteiger partial charge in [0.1, 0.15) is 5.75 Å². The molecule has 0 aliphatic carbocycles. The van der Waals surface area contributed by atoms with Crippen LogP contribution < -0.4 is 10.1 Å². The first-order valence-electron chi connectivity index (χ1n) is 8.39. The number of likely N-dealkylation sites (tertiary alicyclic amines) is 1. The fourth-order valence-electron chi connectivity index (χ4n) is 3.16. The predicted molar refractivity (Wildman–Crippen MR) is 88.9 cm³/mol. The van der Waals surface area contributed by atoms with Crippen LogP contribution >= 0.6 is 0 Å².